The number of carbonyl (C=O) groups excluding carboxylic acids is 1. The maximum Gasteiger partial charge on any atom is 0.226 e. The standard InChI is InChI=1S/C29H35N5OS/c1-19(2)28(35)31-23-15-14-22(18-20(23)3)34-27(26(32-29(34)36)24-12-7-8-16-30-24)25-13-9-17-33(25)21-10-5-4-6-11-21/h7-9,12-19,21,26-27H,4-6,10-11H2,1-3H3,(H,31,35)(H,32,36)/t26-,27+/m0/s1. The molecule has 2 aromatic heterocycles. The summed E-state index contributed by atoms with van der Waals surface area (Å²) in [5.74, 6) is -0.0573. The molecule has 1 saturated carbocycles. The molecule has 3 aromatic rings. The predicted octanol–water partition coefficient (Wildman–Crippen LogP) is 6.47. The van der Waals surface area contributed by atoms with Gasteiger partial charge in [0.2, 0.25) is 5.91 Å². The Morgan fingerprint density at radius 1 is 1.11 bits per heavy atom. The van der Waals surface area contributed by atoms with Crippen molar-refractivity contribution in [1.29, 1.82) is 0 Å². The minimum Gasteiger partial charge on any atom is -0.351 e. The molecule has 1 aromatic carbocycles. The first-order valence-electron chi connectivity index (χ1n) is 13.0. The van der Waals surface area contributed by atoms with Crippen molar-refractivity contribution < 1.29 is 4.79 Å². The third-order valence-corrected chi connectivity index (χ3v) is 7.77. The number of aryl methyl sites for hydroxylation is 1. The van der Waals surface area contributed by atoms with Gasteiger partial charge in [-0.15, -0.1) is 0 Å². The van der Waals surface area contributed by atoms with Crippen molar-refractivity contribution in [3.8, 4) is 0 Å². The molecule has 5 rings (SSSR count). The fraction of sp³-hybridized carbons (Fsp3) is 0.414. The summed E-state index contributed by atoms with van der Waals surface area (Å²) in [5, 5.41) is 7.31. The van der Waals surface area contributed by atoms with E-state index in [-0.39, 0.29) is 23.9 Å². The van der Waals surface area contributed by atoms with Crippen LogP contribution in [0.25, 0.3) is 0 Å². The summed E-state index contributed by atoms with van der Waals surface area (Å²) in [4.78, 5) is 19.2. The monoisotopic (exact) mass is 501 g/mol. The summed E-state index contributed by atoms with van der Waals surface area (Å²) in [6.07, 6.45) is 10.4. The van der Waals surface area contributed by atoms with Crippen LogP contribution in [-0.2, 0) is 4.79 Å². The Kier molecular flexibility index (Phi) is 7.10. The number of hydrogen-bond donors (Lipinski definition) is 2. The van der Waals surface area contributed by atoms with Crippen LogP contribution in [0.4, 0.5) is 11.4 Å². The van der Waals surface area contributed by atoms with Gasteiger partial charge in [-0.25, -0.2) is 0 Å². The van der Waals surface area contributed by atoms with E-state index in [9.17, 15) is 4.79 Å². The Morgan fingerprint density at radius 3 is 2.61 bits per heavy atom. The van der Waals surface area contributed by atoms with Gasteiger partial charge in [-0.2, -0.15) is 0 Å². The molecule has 7 heteroatoms. The average molecular weight is 502 g/mol. The van der Waals surface area contributed by atoms with E-state index in [0.29, 0.717) is 11.2 Å². The summed E-state index contributed by atoms with van der Waals surface area (Å²) in [7, 11) is 0. The van der Waals surface area contributed by atoms with Gasteiger partial charge in [0, 0.05) is 41.4 Å². The summed E-state index contributed by atoms with van der Waals surface area (Å²) < 4.78 is 2.48. The van der Waals surface area contributed by atoms with Crippen LogP contribution in [0.15, 0.2) is 60.9 Å². The van der Waals surface area contributed by atoms with Gasteiger partial charge in [0.1, 0.15) is 6.04 Å². The number of anilines is 2. The highest BCUT2D eigenvalue weighted by atomic mass is 32.1. The number of amides is 1. The molecule has 0 radical (unpaired) electrons. The molecule has 188 valence electrons. The fourth-order valence-corrected chi connectivity index (χ4v) is 5.84. The third-order valence-electron chi connectivity index (χ3n) is 7.45. The highest BCUT2D eigenvalue weighted by molar-refractivity contribution is 7.80. The van der Waals surface area contributed by atoms with E-state index >= 15 is 0 Å². The molecule has 2 atom stereocenters. The summed E-state index contributed by atoms with van der Waals surface area (Å²) in [6.45, 7) is 5.83. The van der Waals surface area contributed by atoms with Crippen molar-refractivity contribution in [2.75, 3.05) is 10.2 Å². The van der Waals surface area contributed by atoms with Crippen LogP contribution in [0.2, 0.25) is 0 Å². The van der Waals surface area contributed by atoms with Gasteiger partial charge in [0.25, 0.3) is 0 Å². The second-order valence-electron chi connectivity index (χ2n) is 10.3. The van der Waals surface area contributed by atoms with Crippen molar-refractivity contribution >= 4 is 34.6 Å². The molecule has 1 aliphatic carbocycles. The van der Waals surface area contributed by atoms with Crippen molar-refractivity contribution in [2.24, 2.45) is 5.92 Å². The van der Waals surface area contributed by atoms with E-state index in [2.05, 4.69) is 56.6 Å². The summed E-state index contributed by atoms with van der Waals surface area (Å²) >= 11 is 5.94. The first-order valence-corrected chi connectivity index (χ1v) is 13.4. The van der Waals surface area contributed by atoms with Crippen LogP contribution in [0.5, 0.6) is 0 Å². The molecule has 3 heterocycles. The SMILES string of the molecule is Cc1cc(N2C(=S)N[C@@H](c3ccccn3)[C@H]2c2cccn2C2CCCCC2)ccc1NC(=O)C(C)C. The third kappa shape index (κ3) is 4.76. The van der Waals surface area contributed by atoms with Gasteiger partial charge in [0.15, 0.2) is 5.11 Å². The number of carbonyl (C=O) groups is 1. The first kappa shape index (κ1) is 24.5. The lowest BCUT2D eigenvalue weighted by atomic mass is 9.94. The van der Waals surface area contributed by atoms with Gasteiger partial charge < -0.3 is 20.1 Å². The quantitative estimate of drug-likeness (QED) is 0.379. The molecule has 2 aliphatic rings. The Balaban J connectivity index is 1.55. The Hall–Kier alpha value is -3.19. The lowest BCUT2D eigenvalue weighted by molar-refractivity contribution is -0.118. The molecular formula is C29H35N5OS. The molecule has 2 N–H and O–H groups in total. The largest absolute Gasteiger partial charge is 0.351 e. The Labute approximate surface area is 219 Å². The lowest BCUT2D eigenvalue weighted by Gasteiger charge is -2.32. The lowest BCUT2D eigenvalue weighted by Crippen LogP contribution is -2.31. The van der Waals surface area contributed by atoms with Crippen molar-refractivity contribution in [2.45, 2.75) is 71.0 Å². The number of nitrogens with one attached hydrogen (secondary N) is 2. The molecule has 2 fully saturated rings. The van der Waals surface area contributed by atoms with Crippen molar-refractivity contribution in [3.63, 3.8) is 0 Å². The minimum absolute atomic E-state index is 0.0163. The van der Waals surface area contributed by atoms with Gasteiger partial charge >= 0.3 is 0 Å². The Morgan fingerprint density at radius 2 is 1.92 bits per heavy atom. The highest BCUT2D eigenvalue weighted by Gasteiger charge is 2.42. The van der Waals surface area contributed by atoms with E-state index in [4.69, 9.17) is 17.2 Å². The van der Waals surface area contributed by atoms with Gasteiger partial charge in [-0.05, 0) is 80.0 Å². The van der Waals surface area contributed by atoms with E-state index in [0.717, 1.165) is 22.6 Å². The number of pyridine rings is 1. The van der Waals surface area contributed by atoms with E-state index in [1.807, 2.05) is 45.2 Å². The van der Waals surface area contributed by atoms with Gasteiger partial charge in [-0.1, -0.05) is 39.2 Å². The van der Waals surface area contributed by atoms with Crippen molar-refractivity contribution in [1.82, 2.24) is 14.9 Å². The zero-order valence-corrected chi connectivity index (χ0v) is 22.1. The summed E-state index contributed by atoms with van der Waals surface area (Å²) in [6, 6.07) is 17.0. The van der Waals surface area contributed by atoms with Gasteiger partial charge in [0.05, 0.1) is 11.7 Å². The molecule has 1 saturated heterocycles. The van der Waals surface area contributed by atoms with Crippen LogP contribution in [0.3, 0.4) is 0 Å². The topological polar surface area (TPSA) is 62.2 Å². The van der Waals surface area contributed by atoms with E-state index in [1.54, 1.807) is 0 Å². The first-order chi connectivity index (χ1) is 17.4. The molecule has 1 aliphatic heterocycles. The minimum atomic E-state index is -0.0736. The second-order valence-corrected chi connectivity index (χ2v) is 10.7. The average Bonchev–Trinajstić information content (AvgIpc) is 3.50. The smallest absolute Gasteiger partial charge is 0.226 e. The van der Waals surface area contributed by atoms with E-state index in [1.165, 1.54) is 37.8 Å². The summed E-state index contributed by atoms with van der Waals surface area (Å²) in [5.41, 5.74) is 5.07. The number of nitrogens with zero attached hydrogens (tertiary/aromatic N) is 3. The maximum atomic E-state index is 12.3. The number of aromatic nitrogens is 2. The van der Waals surface area contributed by atoms with Crippen LogP contribution < -0.4 is 15.5 Å². The van der Waals surface area contributed by atoms with Crippen LogP contribution >= 0.6 is 12.2 Å². The molecule has 36 heavy (non-hydrogen) atoms. The zero-order chi connectivity index (χ0) is 25.2. The normalized spacial score (nSPS) is 20.6. The van der Waals surface area contributed by atoms with Crippen LogP contribution in [0, 0.1) is 12.8 Å². The number of benzene rings is 1. The molecule has 0 unspecified atom stereocenters. The second kappa shape index (κ2) is 10.4. The molecular weight excluding hydrogens is 466 g/mol. The number of thiocarbonyl (C=S) groups is 1. The molecule has 1 amide bonds. The number of hydrogen-bond acceptors (Lipinski definition) is 3. The van der Waals surface area contributed by atoms with Crippen molar-refractivity contribution in [3.05, 3.63) is 77.9 Å². The fourth-order valence-electron chi connectivity index (χ4n) is 5.50. The van der Waals surface area contributed by atoms with Crippen LogP contribution in [0.1, 0.15) is 81.0 Å². The van der Waals surface area contributed by atoms with Crippen LogP contribution in [-0.4, -0.2) is 20.6 Å². The Bertz CT molecular complexity index is 1230. The maximum absolute atomic E-state index is 12.3. The van der Waals surface area contributed by atoms with E-state index < -0.39 is 0 Å². The molecule has 6 nitrogen and oxygen atoms in total. The highest BCUT2D eigenvalue weighted by Crippen LogP contribution is 2.44. The molecule has 0 bridgehead atoms. The molecule has 0 spiro atoms. The predicted molar refractivity (Wildman–Crippen MR) is 149 cm³/mol. The van der Waals surface area contributed by atoms with Gasteiger partial charge in [-0.3, -0.25) is 9.78 Å². The zero-order valence-electron chi connectivity index (χ0n) is 21.3. The number of rotatable bonds is 6.